The molecule has 0 aliphatic heterocycles. The van der Waals surface area contributed by atoms with Crippen molar-refractivity contribution < 1.29 is 0 Å². The lowest BCUT2D eigenvalue weighted by atomic mass is 10.0. The standard InChI is InChI=1S/C13H25N3/c1-5-12(6-2)8-14-11(4)13-9-15-16(7-3)10-13/h9-12,14H,5-8H2,1-4H3. The second kappa shape index (κ2) is 6.69. The molecule has 0 aromatic carbocycles. The molecule has 0 bridgehead atoms. The smallest absolute Gasteiger partial charge is 0.0537 e. The highest BCUT2D eigenvalue weighted by molar-refractivity contribution is 5.09. The van der Waals surface area contributed by atoms with Crippen LogP contribution >= 0.6 is 0 Å². The maximum Gasteiger partial charge on any atom is 0.0537 e. The predicted octanol–water partition coefficient (Wildman–Crippen LogP) is 2.99. The maximum atomic E-state index is 4.30. The van der Waals surface area contributed by atoms with Crippen molar-refractivity contribution in [2.24, 2.45) is 5.92 Å². The van der Waals surface area contributed by atoms with E-state index in [9.17, 15) is 0 Å². The minimum Gasteiger partial charge on any atom is -0.310 e. The molecule has 1 rings (SSSR count). The second-order valence-corrected chi connectivity index (χ2v) is 4.44. The van der Waals surface area contributed by atoms with Crippen molar-refractivity contribution in [2.75, 3.05) is 6.54 Å². The van der Waals surface area contributed by atoms with E-state index in [1.807, 2.05) is 10.9 Å². The molecule has 0 aliphatic carbocycles. The summed E-state index contributed by atoms with van der Waals surface area (Å²) in [5.74, 6) is 0.795. The molecule has 0 amide bonds. The Morgan fingerprint density at radius 2 is 2.00 bits per heavy atom. The monoisotopic (exact) mass is 223 g/mol. The van der Waals surface area contributed by atoms with Gasteiger partial charge in [-0.05, 0) is 26.3 Å². The summed E-state index contributed by atoms with van der Waals surface area (Å²) in [6.45, 7) is 10.9. The van der Waals surface area contributed by atoms with Crippen molar-refractivity contribution in [3.05, 3.63) is 18.0 Å². The maximum absolute atomic E-state index is 4.30. The van der Waals surface area contributed by atoms with Crippen LogP contribution in [0.25, 0.3) is 0 Å². The Labute approximate surface area is 99.2 Å². The number of nitrogens with zero attached hydrogens (tertiary/aromatic N) is 2. The van der Waals surface area contributed by atoms with Gasteiger partial charge in [0.1, 0.15) is 0 Å². The zero-order valence-corrected chi connectivity index (χ0v) is 11.0. The lowest BCUT2D eigenvalue weighted by molar-refractivity contribution is 0.422. The van der Waals surface area contributed by atoms with E-state index in [1.165, 1.54) is 18.4 Å². The average molecular weight is 223 g/mol. The third kappa shape index (κ3) is 3.63. The Morgan fingerprint density at radius 1 is 1.31 bits per heavy atom. The predicted molar refractivity (Wildman–Crippen MR) is 68.4 cm³/mol. The summed E-state index contributed by atoms with van der Waals surface area (Å²) in [4.78, 5) is 0. The Balaban J connectivity index is 2.42. The Morgan fingerprint density at radius 3 is 2.50 bits per heavy atom. The van der Waals surface area contributed by atoms with Crippen LogP contribution in [0.4, 0.5) is 0 Å². The van der Waals surface area contributed by atoms with Crippen LogP contribution < -0.4 is 5.32 Å². The molecule has 0 saturated carbocycles. The van der Waals surface area contributed by atoms with E-state index in [1.54, 1.807) is 0 Å². The lowest BCUT2D eigenvalue weighted by Gasteiger charge is -2.17. The zero-order valence-electron chi connectivity index (χ0n) is 11.0. The largest absolute Gasteiger partial charge is 0.310 e. The molecular weight excluding hydrogens is 198 g/mol. The van der Waals surface area contributed by atoms with Gasteiger partial charge in [-0.1, -0.05) is 26.7 Å². The van der Waals surface area contributed by atoms with E-state index in [-0.39, 0.29) is 0 Å². The number of hydrogen-bond acceptors (Lipinski definition) is 2. The summed E-state index contributed by atoms with van der Waals surface area (Å²) in [6.07, 6.45) is 6.60. The minimum atomic E-state index is 0.404. The lowest BCUT2D eigenvalue weighted by Crippen LogP contribution is -2.25. The molecule has 0 saturated heterocycles. The van der Waals surface area contributed by atoms with Gasteiger partial charge in [-0.2, -0.15) is 5.10 Å². The molecule has 16 heavy (non-hydrogen) atoms. The number of aromatic nitrogens is 2. The summed E-state index contributed by atoms with van der Waals surface area (Å²) in [5.41, 5.74) is 1.29. The topological polar surface area (TPSA) is 29.9 Å². The van der Waals surface area contributed by atoms with Gasteiger partial charge in [-0.3, -0.25) is 4.68 Å². The first-order valence-electron chi connectivity index (χ1n) is 6.46. The van der Waals surface area contributed by atoms with Crippen molar-refractivity contribution in [3.8, 4) is 0 Å². The normalized spacial score (nSPS) is 13.3. The first-order valence-corrected chi connectivity index (χ1v) is 6.46. The molecule has 1 aromatic rings. The summed E-state index contributed by atoms with van der Waals surface area (Å²) in [5, 5.41) is 7.88. The molecule has 0 fully saturated rings. The molecule has 1 aromatic heterocycles. The van der Waals surface area contributed by atoms with Gasteiger partial charge >= 0.3 is 0 Å². The van der Waals surface area contributed by atoms with Crippen LogP contribution in [0.2, 0.25) is 0 Å². The summed E-state index contributed by atoms with van der Waals surface area (Å²) >= 11 is 0. The molecule has 3 nitrogen and oxygen atoms in total. The minimum absolute atomic E-state index is 0.404. The van der Waals surface area contributed by atoms with Crippen LogP contribution in [-0.4, -0.2) is 16.3 Å². The number of rotatable bonds is 7. The van der Waals surface area contributed by atoms with E-state index >= 15 is 0 Å². The third-order valence-electron chi connectivity index (χ3n) is 3.34. The van der Waals surface area contributed by atoms with E-state index in [2.05, 4.69) is 44.3 Å². The average Bonchev–Trinajstić information content (AvgIpc) is 2.78. The SMILES string of the molecule is CCC(CC)CNC(C)c1cnn(CC)c1. The fourth-order valence-corrected chi connectivity index (χ4v) is 1.81. The van der Waals surface area contributed by atoms with Crippen LogP contribution in [0.5, 0.6) is 0 Å². The van der Waals surface area contributed by atoms with Gasteiger partial charge in [0.15, 0.2) is 0 Å². The van der Waals surface area contributed by atoms with Gasteiger partial charge in [0.05, 0.1) is 6.20 Å². The molecule has 0 spiro atoms. The third-order valence-corrected chi connectivity index (χ3v) is 3.34. The van der Waals surface area contributed by atoms with Crippen LogP contribution in [0.1, 0.15) is 52.1 Å². The van der Waals surface area contributed by atoms with Gasteiger partial charge in [0.2, 0.25) is 0 Å². The van der Waals surface area contributed by atoms with Crippen molar-refractivity contribution in [1.29, 1.82) is 0 Å². The van der Waals surface area contributed by atoms with E-state index in [0.717, 1.165) is 19.0 Å². The molecule has 1 unspecified atom stereocenters. The first-order chi connectivity index (χ1) is 7.71. The summed E-state index contributed by atoms with van der Waals surface area (Å²) in [6, 6.07) is 0.404. The molecule has 1 atom stereocenters. The van der Waals surface area contributed by atoms with Crippen LogP contribution in [0.3, 0.4) is 0 Å². The van der Waals surface area contributed by atoms with Crippen molar-refractivity contribution in [1.82, 2.24) is 15.1 Å². The van der Waals surface area contributed by atoms with Crippen LogP contribution in [0, 0.1) is 5.92 Å². The second-order valence-electron chi connectivity index (χ2n) is 4.44. The molecule has 92 valence electrons. The fraction of sp³-hybridized carbons (Fsp3) is 0.769. The fourth-order valence-electron chi connectivity index (χ4n) is 1.81. The van der Waals surface area contributed by atoms with Gasteiger partial charge in [0, 0.05) is 24.3 Å². The van der Waals surface area contributed by atoms with Gasteiger partial charge < -0.3 is 5.32 Å². The zero-order chi connectivity index (χ0) is 12.0. The Hall–Kier alpha value is -0.830. The molecular formula is C13H25N3. The molecule has 1 N–H and O–H groups in total. The van der Waals surface area contributed by atoms with Gasteiger partial charge in [0.25, 0.3) is 0 Å². The Bertz CT molecular complexity index is 289. The highest BCUT2D eigenvalue weighted by Crippen LogP contribution is 2.13. The highest BCUT2D eigenvalue weighted by Gasteiger charge is 2.09. The molecule has 0 radical (unpaired) electrons. The van der Waals surface area contributed by atoms with Gasteiger partial charge in [-0.15, -0.1) is 0 Å². The quantitative estimate of drug-likeness (QED) is 0.770. The number of nitrogens with one attached hydrogen (secondary N) is 1. The van der Waals surface area contributed by atoms with E-state index in [0.29, 0.717) is 6.04 Å². The van der Waals surface area contributed by atoms with Crippen molar-refractivity contribution in [3.63, 3.8) is 0 Å². The molecule has 3 heteroatoms. The molecule has 0 aliphatic rings. The molecule has 1 heterocycles. The van der Waals surface area contributed by atoms with Crippen LogP contribution in [-0.2, 0) is 6.54 Å². The first kappa shape index (κ1) is 13.2. The highest BCUT2D eigenvalue weighted by atomic mass is 15.3. The van der Waals surface area contributed by atoms with E-state index in [4.69, 9.17) is 0 Å². The van der Waals surface area contributed by atoms with Crippen LogP contribution in [0.15, 0.2) is 12.4 Å². The summed E-state index contributed by atoms with van der Waals surface area (Å²) < 4.78 is 1.98. The van der Waals surface area contributed by atoms with Gasteiger partial charge in [-0.25, -0.2) is 0 Å². The van der Waals surface area contributed by atoms with Crippen molar-refractivity contribution >= 4 is 0 Å². The number of aryl methyl sites for hydroxylation is 1. The number of hydrogen-bond donors (Lipinski definition) is 1. The van der Waals surface area contributed by atoms with Crippen molar-refractivity contribution in [2.45, 2.75) is 53.1 Å². The van der Waals surface area contributed by atoms with E-state index < -0.39 is 0 Å². The summed E-state index contributed by atoms with van der Waals surface area (Å²) in [7, 11) is 0. The Kier molecular flexibility index (Phi) is 5.53.